The van der Waals surface area contributed by atoms with Crippen molar-refractivity contribution in [1.29, 1.82) is 0 Å². The summed E-state index contributed by atoms with van der Waals surface area (Å²) in [5, 5.41) is 12.8. The summed E-state index contributed by atoms with van der Waals surface area (Å²) in [4.78, 5) is 16.2. The minimum atomic E-state index is -0.837. The van der Waals surface area contributed by atoms with E-state index >= 15 is 0 Å². The Balaban J connectivity index is 2.96. The van der Waals surface area contributed by atoms with E-state index < -0.39 is 5.60 Å². The molecule has 1 rings (SSSR count). The van der Waals surface area contributed by atoms with Gasteiger partial charge in [0.05, 0.1) is 5.60 Å². The van der Waals surface area contributed by atoms with Gasteiger partial charge in [-0.25, -0.2) is 4.98 Å². The van der Waals surface area contributed by atoms with Crippen LogP contribution in [0.4, 0.5) is 5.82 Å². The fraction of sp³-hybridized carbons (Fsp3) is 0.692. The van der Waals surface area contributed by atoms with Crippen LogP contribution in [0.25, 0.3) is 0 Å². The van der Waals surface area contributed by atoms with Crippen LogP contribution in [0.15, 0.2) is 17.2 Å². The molecule has 1 aromatic heterocycles. The predicted octanol–water partition coefficient (Wildman–Crippen LogP) is 1.57. The number of aliphatic hydroxyl groups is 1. The Bertz CT molecular complexity index is 458. The molecule has 0 aliphatic heterocycles. The first-order valence-electron chi connectivity index (χ1n) is 6.22. The van der Waals surface area contributed by atoms with E-state index in [0.29, 0.717) is 13.0 Å². The largest absolute Gasteiger partial charge is 0.388 e. The molecule has 5 nitrogen and oxygen atoms in total. The van der Waals surface area contributed by atoms with Crippen LogP contribution in [0.2, 0.25) is 0 Å². The summed E-state index contributed by atoms with van der Waals surface area (Å²) < 4.78 is 1.63. The molecule has 2 N–H and O–H groups in total. The van der Waals surface area contributed by atoms with Gasteiger partial charge in [-0.1, -0.05) is 6.92 Å². The highest BCUT2D eigenvalue weighted by Gasteiger charge is 2.20. The van der Waals surface area contributed by atoms with Crippen molar-refractivity contribution in [3.63, 3.8) is 0 Å². The molecular formula is C13H23N3O2. The summed E-state index contributed by atoms with van der Waals surface area (Å²) in [7, 11) is 0. The van der Waals surface area contributed by atoms with Crippen molar-refractivity contribution in [3.8, 4) is 0 Å². The van der Waals surface area contributed by atoms with Gasteiger partial charge >= 0.3 is 0 Å². The van der Waals surface area contributed by atoms with E-state index in [4.69, 9.17) is 0 Å². The van der Waals surface area contributed by atoms with Crippen LogP contribution >= 0.6 is 0 Å². The van der Waals surface area contributed by atoms with Crippen molar-refractivity contribution in [2.75, 3.05) is 11.9 Å². The zero-order valence-electron chi connectivity index (χ0n) is 11.8. The van der Waals surface area contributed by atoms with Gasteiger partial charge in [-0.3, -0.25) is 4.79 Å². The average molecular weight is 253 g/mol. The van der Waals surface area contributed by atoms with Crippen LogP contribution in [0.1, 0.15) is 41.0 Å². The summed E-state index contributed by atoms with van der Waals surface area (Å²) >= 11 is 0. The van der Waals surface area contributed by atoms with Gasteiger partial charge in [0.1, 0.15) is 0 Å². The number of nitrogens with one attached hydrogen (secondary N) is 1. The number of hydrogen-bond acceptors (Lipinski definition) is 4. The maximum Gasteiger partial charge on any atom is 0.293 e. The second-order valence-corrected chi connectivity index (χ2v) is 5.83. The van der Waals surface area contributed by atoms with Crippen LogP contribution in [0.5, 0.6) is 0 Å². The van der Waals surface area contributed by atoms with Crippen molar-refractivity contribution in [1.82, 2.24) is 9.55 Å². The highest BCUT2D eigenvalue weighted by molar-refractivity contribution is 5.31. The highest BCUT2D eigenvalue weighted by Crippen LogP contribution is 2.12. The Labute approximate surface area is 108 Å². The third-order valence-electron chi connectivity index (χ3n) is 2.96. The number of nitrogens with zero attached hydrogens (tertiary/aromatic N) is 2. The lowest BCUT2D eigenvalue weighted by molar-refractivity contribution is 0.0696. The second kappa shape index (κ2) is 5.10. The van der Waals surface area contributed by atoms with Crippen molar-refractivity contribution < 1.29 is 5.11 Å². The molecule has 0 saturated heterocycles. The number of aromatic nitrogens is 2. The number of rotatable bonds is 4. The first-order valence-corrected chi connectivity index (χ1v) is 6.22. The monoisotopic (exact) mass is 253 g/mol. The lowest BCUT2D eigenvalue weighted by atomic mass is 10.0. The fourth-order valence-electron chi connectivity index (χ4n) is 1.46. The van der Waals surface area contributed by atoms with E-state index in [1.807, 2.05) is 27.7 Å². The molecule has 5 heteroatoms. The van der Waals surface area contributed by atoms with Gasteiger partial charge in [0.25, 0.3) is 5.56 Å². The molecule has 0 aliphatic carbocycles. The van der Waals surface area contributed by atoms with Gasteiger partial charge in [0.15, 0.2) is 5.82 Å². The van der Waals surface area contributed by atoms with Gasteiger partial charge in [-0.05, 0) is 34.1 Å². The lowest BCUT2D eigenvalue weighted by Crippen LogP contribution is -2.38. The van der Waals surface area contributed by atoms with Crippen LogP contribution in [0.3, 0.4) is 0 Å². The van der Waals surface area contributed by atoms with Crippen molar-refractivity contribution in [2.45, 2.75) is 52.2 Å². The number of hydrogen-bond donors (Lipinski definition) is 2. The molecule has 0 saturated carbocycles. The molecule has 0 amide bonds. The van der Waals surface area contributed by atoms with Crippen molar-refractivity contribution in [2.24, 2.45) is 0 Å². The smallest absolute Gasteiger partial charge is 0.293 e. The second-order valence-electron chi connectivity index (χ2n) is 5.83. The predicted molar refractivity (Wildman–Crippen MR) is 72.9 cm³/mol. The highest BCUT2D eigenvalue weighted by atomic mass is 16.3. The SMILES string of the molecule is CCC(C)(O)CNc1nccn(C(C)(C)C)c1=O. The van der Waals surface area contributed by atoms with E-state index in [0.717, 1.165) is 0 Å². The first-order chi connectivity index (χ1) is 8.17. The Kier molecular flexibility index (Phi) is 4.16. The van der Waals surface area contributed by atoms with Gasteiger partial charge in [-0.15, -0.1) is 0 Å². The summed E-state index contributed by atoms with van der Waals surface area (Å²) in [6, 6.07) is 0. The van der Waals surface area contributed by atoms with Gasteiger partial charge in [0, 0.05) is 24.5 Å². The Hall–Kier alpha value is -1.36. The molecule has 0 spiro atoms. The molecule has 0 radical (unpaired) electrons. The number of anilines is 1. The Morgan fingerprint density at radius 1 is 1.39 bits per heavy atom. The molecule has 0 fully saturated rings. The van der Waals surface area contributed by atoms with Crippen molar-refractivity contribution >= 4 is 5.82 Å². The summed E-state index contributed by atoms with van der Waals surface area (Å²) in [5.74, 6) is 0.279. The molecule has 1 heterocycles. The molecule has 0 aliphatic rings. The van der Waals surface area contributed by atoms with Crippen molar-refractivity contribution in [3.05, 3.63) is 22.7 Å². The third-order valence-corrected chi connectivity index (χ3v) is 2.96. The standard InChI is InChI=1S/C13H23N3O2/c1-6-13(5,18)9-15-10-11(17)16(8-7-14-10)12(2,3)4/h7-8,18H,6,9H2,1-5H3,(H,14,15). The summed E-state index contributed by atoms with van der Waals surface area (Å²) in [5.41, 5.74) is -1.29. The molecule has 1 atom stereocenters. The third kappa shape index (κ3) is 3.57. The zero-order chi connectivity index (χ0) is 14.0. The Morgan fingerprint density at radius 3 is 2.50 bits per heavy atom. The topological polar surface area (TPSA) is 67.2 Å². The maximum absolute atomic E-state index is 12.2. The van der Waals surface area contributed by atoms with E-state index in [2.05, 4.69) is 10.3 Å². The Morgan fingerprint density at radius 2 is 2.00 bits per heavy atom. The zero-order valence-corrected chi connectivity index (χ0v) is 11.8. The minimum absolute atomic E-state index is 0.170. The molecule has 1 unspecified atom stereocenters. The van der Waals surface area contributed by atoms with E-state index in [9.17, 15) is 9.90 Å². The van der Waals surface area contributed by atoms with E-state index in [1.54, 1.807) is 23.9 Å². The lowest BCUT2D eigenvalue weighted by Gasteiger charge is -2.24. The molecular weight excluding hydrogens is 230 g/mol. The first kappa shape index (κ1) is 14.7. The van der Waals surface area contributed by atoms with E-state index in [-0.39, 0.29) is 16.9 Å². The maximum atomic E-state index is 12.2. The molecule has 0 aromatic carbocycles. The summed E-state index contributed by atoms with van der Waals surface area (Å²) in [6.45, 7) is 9.81. The van der Waals surface area contributed by atoms with Gasteiger partial charge < -0.3 is 15.0 Å². The fourth-order valence-corrected chi connectivity index (χ4v) is 1.46. The van der Waals surface area contributed by atoms with Crippen LogP contribution in [-0.4, -0.2) is 26.8 Å². The molecule has 1 aromatic rings. The van der Waals surface area contributed by atoms with Gasteiger partial charge in [0.2, 0.25) is 0 Å². The van der Waals surface area contributed by atoms with E-state index in [1.165, 1.54) is 0 Å². The normalized spacial score (nSPS) is 15.2. The molecule has 18 heavy (non-hydrogen) atoms. The van der Waals surface area contributed by atoms with Crippen LogP contribution in [0, 0.1) is 0 Å². The van der Waals surface area contributed by atoms with Crippen LogP contribution in [-0.2, 0) is 5.54 Å². The molecule has 0 bridgehead atoms. The molecule has 102 valence electrons. The van der Waals surface area contributed by atoms with Crippen LogP contribution < -0.4 is 10.9 Å². The average Bonchev–Trinajstić information content (AvgIpc) is 2.26. The minimum Gasteiger partial charge on any atom is -0.388 e. The summed E-state index contributed by atoms with van der Waals surface area (Å²) in [6.07, 6.45) is 3.88. The van der Waals surface area contributed by atoms with Gasteiger partial charge in [-0.2, -0.15) is 0 Å². The quantitative estimate of drug-likeness (QED) is 0.854.